The van der Waals surface area contributed by atoms with Gasteiger partial charge in [-0.2, -0.15) is 0 Å². The molecule has 0 aromatic carbocycles. The van der Waals surface area contributed by atoms with E-state index in [1.54, 1.807) is 0 Å². The zero-order valence-electron chi connectivity index (χ0n) is 14.1. The van der Waals surface area contributed by atoms with Gasteiger partial charge in [-0.05, 0) is 24.2 Å². The average Bonchev–Trinajstić information content (AvgIpc) is 2.28. The van der Waals surface area contributed by atoms with E-state index in [9.17, 15) is 20.4 Å². The Morgan fingerprint density at radius 3 is 1.55 bits per heavy atom. The molecule has 4 heteroatoms. The van der Waals surface area contributed by atoms with Gasteiger partial charge in [-0.3, -0.25) is 0 Å². The maximum atomic E-state index is 9.56. The van der Waals surface area contributed by atoms with Gasteiger partial charge in [-0.15, -0.1) is 0 Å². The number of aliphatic hydroxyl groups is 4. The van der Waals surface area contributed by atoms with Gasteiger partial charge >= 0.3 is 0 Å². The first kappa shape index (κ1) is 19.8. The van der Waals surface area contributed by atoms with Crippen LogP contribution in [0, 0.1) is 22.2 Å². The first-order chi connectivity index (χ1) is 8.80. The van der Waals surface area contributed by atoms with E-state index in [4.69, 9.17) is 0 Å². The van der Waals surface area contributed by atoms with Crippen molar-refractivity contribution in [2.45, 2.75) is 80.3 Å². The van der Waals surface area contributed by atoms with Crippen molar-refractivity contribution < 1.29 is 20.4 Å². The maximum absolute atomic E-state index is 9.56. The Balaban J connectivity index is 4.90. The van der Waals surface area contributed by atoms with E-state index >= 15 is 0 Å². The third-order valence-electron chi connectivity index (χ3n) is 5.72. The molecule has 1 atom stereocenters. The Morgan fingerprint density at radius 2 is 1.25 bits per heavy atom. The zero-order chi connectivity index (χ0) is 16.4. The van der Waals surface area contributed by atoms with Crippen LogP contribution in [0.2, 0.25) is 0 Å². The summed E-state index contributed by atoms with van der Waals surface area (Å²) in [5.41, 5.74) is -1.44. The van der Waals surface area contributed by atoms with E-state index in [2.05, 4.69) is 0 Å². The van der Waals surface area contributed by atoms with Gasteiger partial charge in [0.15, 0.2) is 12.6 Å². The highest BCUT2D eigenvalue weighted by atomic mass is 16.5. The molecule has 0 heterocycles. The second-order valence-corrected chi connectivity index (χ2v) is 7.82. The monoisotopic (exact) mass is 290 g/mol. The van der Waals surface area contributed by atoms with Gasteiger partial charge in [0.2, 0.25) is 0 Å². The second kappa shape index (κ2) is 6.73. The number of aliphatic hydroxyl groups excluding tert-OH is 2. The highest BCUT2D eigenvalue weighted by molar-refractivity contribution is 4.89. The third-order valence-corrected chi connectivity index (χ3v) is 5.72. The van der Waals surface area contributed by atoms with Gasteiger partial charge in [0.25, 0.3) is 0 Å². The van der Waals surface area contributed by atoms with Crippen LogP contribution in [0.3, 0.4) is 0 Å². The van der Waals surface area contributed by atoms with Gasteiger partial charge in [-0.1, -0.05) is 54.9 Å². The molecule has 0 radical (unpaired) electrons. The quantitative estimate of drug-likeness (QED) is 0.518. The fourth-order valence-electron chi connectivity index (χ4n) is 2.52. The largest absolute Gasteiger partial charge is 0.368 e. The summed E-state index contributed by atoms with van der Waals surface area (Å²) in [6, 6.07) is 0. The molecule has 0 spiro atoms. The predicted octanol–water partition coefficient (Wildman–Crippen LogP) is 2.49. The number of rotatable bonds is 8. The van der Waals surface area contributed by atoms with Crippen molar-refractivity contribution in [2.75, 3.05) is 0 Å². The molecule has 4 N–H and O–H groups in total. The summed E-state index contributed by atoms with van der Waals surface area (Å²) < 4.78 is 0. The molecule has 20 heavy (non-hydrogen) atoms. The van der Waals surface area contributed by atoms with Crippen molar-refractivity contribution in [1.29, 1.82) is 0 Å². The van der Waals surface area contributed by atoms with Crippen LogP contribution in [-0.4, -0.2) is 33.0 Å². The first-order valence-electron chi connectivity index (χ1n) is 7.53. The Morgan fingerprint density at radius 1 is 0.800 bits per heavy atom. The Kier molecular flexibility index (Phi) is 6.68. The summed E-state index contributed by atoms with van der Waals surface area (Å²) in [5.74, 6) is 0.174. The molecule has 0 bridgehead atoms. The smallest absolute Gasteiger partial charge is 0.157 e. The normalized spacial score (nSPS) is 16.1. The molecule has 122 valence electrons. The van der Waals surface area contributed by atoms with E-state index in [1.165, 1.54) is 0 Å². The minimum atomic E-state index is -1.37. The fourth-order valence-corrected chi connectivity index (χ4v) is 2.52. The Bertz CT molecular complexity index is 293. The molecule has 0 fully saturated rings. The van der Waals surface area contributed by atoms with Gasteiger partial charge in [-0.25, -0.2) is 0 Å². The van der Waals surface area contributed by atoms with Crippen molar-refractivity contribution in [3.63, 3.8) is 0 Å². The topological polar surface area (TPSA) is 80.9 Å². The molecule has 0 rings (SSSR count). The summed E-state index contributed by atoms with van der Waals surface area (Å²) in [6.07, 6.45) is -0.222. The van der Waals surface area contributed by atoms with Crippen LogP contribution in [0.5, 0.6) is 0 Å². The SMILES string of the molecule is CCC(CCC(C)(C)C(C)(C)C(O)O)C(C)(C)C(O)O. The molecule has 0 amide bonds. The summed E-state index contributed by atoms with van der Waals surface area (Å²) in [5, 5.41) is 38.2. The summed E-state index contributed by atoms with van der Waals surface area (Å²) >= 11 is 0. The van der Waals surface area contributed by atoms with Crippen LogP contribution < -0.4 is 0 Å². The van der Waals surface area contributed by atoms with E-state index in [-0.39, 0.29) is 11.3 Å². The van der Waals surface area contributed by atoms with Crippen molar-refractivity contribution in [3.05, 3.63) is 0 Å². The molecule has 0 aromatic heterocycles. The molecule has 0 saturated heterocycles. The summed E-state index contributed by atoms with van der Waals surface area (Å²) in [4.78, 5) is 0. The molecule has 0 aliphatic heterocycles. The van der Waals surface area contributed by atoms with E-state index < -0.39 is 23.4 Å². The number of hydrogen-bond donors (Lipinski definition) is 4. The fraction of sp³-hybridized carbons (Fsp3) is 1.00. The molecule has 4 nitrogen and oxygen atoms in total. The minimum absolute atomic E-state index is 0.174. The van der Waals surface area contributed by atoms with Crippen LogP contribution in [0.25, 0.3) is 0 Å². The van der Waals surface area contributed by atoms with Crippen molar-refractivity contribution in [2.24, 2.45) is 22.2 Å². The van der Waals surface area contributed by atoms with E-state index in [0.29, 0.717) is 0 Å². The molecule has 0 saturated carbocycles. The third kappa shape index (κ3) is 4.17. The highest BCUT2D eigenvalue weighted by Crippen LogP contribution is 2.46. The van der Waals surface area contributed by atoms with E-state index in [1.807, 2.05) is 48.5 Å². The maximum Gasteiger partial charge on any atom is 0.157 e. The standard InChI is InChI=1S/C16H34O4/c1-8-11(15(4,5)12(17)18)9-10-14(2,3)16(6,7)13(19)20/h11-13,17-20H,8-10H2,1-7H3. The predicted molar refractivity (Wildman–Crippen MR) is 80.8 cm³/mol. The lowest BCUT2D eigenvalue weighted by molar-refractivity contribution is -0.171. The Labute approximate surface area is 123 Å². The second-order valence-electron chi connectivity index (χ2n) is 7.82. The molecule has 0 aromatic rings. The number of hydrogen-bond acceptors (Lipinski definition) is 4. The van der Waals surface area contributed by atoms with Gasteiger partial charge in [0, 0.05) is 10.8 Å². The molecule has 1 unspecified atom stereocenters. The summed E-state index contributed by atoms with van der Waals surface area (Å²) in [6.45, 7) is 13.5. The van der Waals surface area contributed by atoms with Crippen LogP contribution >= 0.6 is 0 Å². The molecular weight excluding hydrogens is 256 g/mol. The molecule has 0 aliphatic carbocycles. The van der Waals surface area contributed by atoms with Gasteiger partial charge in [0.1, 0.15) is 0 Å². The Hall–Kier alpha value is -0.160. The summed E-state index contributed by atoms with van der Waals surface area (Å²) in [7, 11) is 0. The molecular formula is C16H34O4. The van der Waals surface area contributed by atoms with Crippen LogP contribution in [-0.2, 0) is 0 Å². The van der Waals surface area contributed by atoms with Crippen molar-refractivity contribution >= 4 is 0 Å². The molecule has 0 aliphatic rings. The van der Waals surface area contributed by atoms with Crippen molar-refractivity contribution in [3.8, 4) is 0 Å². The van der Waals surface area contributed by atoms with Crippen molar-refractivity contribution in [1.82, 2.24) is 0 Å². The first-order valence-corrected chi connectivity index (χ1v) is 7.53. The van der Waals surface area contributed by atoms with Gasteiger partial charge in [0.05, 0.1) is 0 Å². The average molecular weight is 290 g/mol. The lowest BCUT2D eigenvalue weighted by Crippen LogP contribution is -2.43. The van der Waals surface area contributed by atoms with E-state index in [0.717, 1.165) is 19.3 Å². The lowest BCUT2D eigenvalue weighted by Gasteiger charge is -2.45. The highest BCUT2D eigenvalue weighted by Gasteiger charge is 2.43. The minimum Gasteiger partial charge on any atom is -0.368 e. The van der Waals surface area contributed by atoms with Gasteiger partial charge < -0.3 is 20.4 Å². The van der Waals surface area contributed by atoms with Crippen LogP contribution in [0.15, 0.2) is 0 Å². The lowest BCUT2D eigenvalue weighted by atomic mass is 9.63. The van der Waals surface area contributed by atoms with Crippen LogP contribution in [0.4, 0.5) is 0 Å². The van der Waals surface area contributed by atoms with Crippen LogP contribution in [0.1, 0.15) is 67.7 Å². The zero-order valence-corrected chi connectivity index (χ0v) is 14.1.